The average molecular weight is 462 g/mol. The Morgan fingerprint density at radius 3 is 1.67 bits per heavy atom. The summed E-state index contributed by atoms with van der Waals surface area (Å²) in [6.07, 6.45) is -1.00. The maximum absolute atomic E-state index is 13.5. The fraction of sp³-hybridized carbons (Fsp3) is 0.458. The van der Waals surface area contributed by atoms with Crippen LogP contribution < -0.4 is 28.4 Å². The van der Waals surface area contributed by atoms with Gasteiger partial charge in [-0.15, -0.1) is 0 Å². The zero-order valence-electron chi connectivity index (χ0n) is 19.7. The maximum atomic E-state index is 13.5. The third-order valence-corrected chi connectivity index (χ3v) is 5.84. The van der Waals surface area contributed by atoms with Gasteiger partial charge in [0.2, 0.25) is 11.5 Å². The van der Waals surface area contributed by atoms with Crippen molar-refractivity contribution in [3.63, 3.8) is 0 Å². The molecule has 2 aromatic rings. The van der Waals surface area contributed by atoms with E-state index in [1.54, 1.807) is 24.3 Å². The Bertz CT molecular complexity index is 938. The van der Waals surface area contributed by atoms with E-state index in [2.05, 4.69) is 0 Å². The van der Waals surface area contributed by atoms with Gasteiger partial charge in [-0.3, -0.25) is 4.79 Å². The molecule has 3 rings (SSSR count). The number of hydrogen-bond donors (Lipinski definition) is 1. The number of carbonyl (C=O) groups is 1. The maximum Gasteiger partial charge on any atom is 0.203 e. The molecule has 0 amide bonds. The van der Waals surface area contributed by atoms with E-state index in [1.807, 2.05) is 0 Å². The van der Waals surface area contributed by atoms with Crippen molar-refractivity contribution in [2.24, 2.45) is 11.8 Å². The third-order valence-electron chi connectivity index (χ3n) is 5.84. The first kappa shape index (κ1) is 24.5. The molecular formula is C24H30O9. The molecule has 1 aliphatic heterocycles. The zero-order valence-corrected chi connectivity index (χ0v) is 19.7. The van der Waals surface area contributed by atoms with Crippen molar-refractivity contribution in [1.82, 2.24) is 0 Å². The van der Waals surface area contributed by atoms with Gasteiger partial charge < -0.3 is 38.3 Å². The van der Waals surface area contributed by atoms with Gasteiger partial charge in [0.25, 0.3) is 0 Å². The minimum atomic E-state index is -1.00. The molecule has 1 aliphatic rings. The first-order valence-electron chi connectivity index (χ1n) is 10.3. The van der Waals surface area contributed by atoms with E-state index in [-0.39, 0.29) is 19.0 Å². The summed E-state index contributed by atoms with van der Waals surface area (Å²) >= 11 is 0. The van der Waals surface area contributed by atoms with E-state index in [0.717, 1.165) is 0 Å². The lowest BCUT2D eigenvalue weighted by atomic mass is 9.82. The quantitative estimate of drug-likeness (QED) is 0.534. The van der Waals surface area contributed by atoms with Gasteiger partial charge >= 0.3 is 0 Å². The Morgan fingerprint density at radius 1 is 0.788 bits per heavy atom. The molecular weight excluding hydrogens is 432 g/mol. The summed E-state index contributed by atoms with van der Waals surface area (Å²) in [5.41, 5.74) is 0.907. The molecule has 0 radical (unpaired) electrons. The van der Waals surface area contributed by atoms with Crippen LogP contribution in [0.1, 0.15) is 22.0 Å². The monoisotopic (exact) mass is 462 g/mol. The second kappa shape index (κ2) is 10.6. The second-order valence-electron chi connectivity index (χ2n) is 7.49. The minimum absolute atomic E-state index is 0.182. The molecule has 0 bridgehead atoms. The Balaban J connectivity index is 1.95. The second-order valence-corrected chi connectivity index (χ2v) is 7.49. The van der Waals surface area contributed by atoms with E-state index in [1.165, 1.54) is 42.7 Å². The highest BCUT2D eigenvalue weighted by molar-refractivity contribution is 5.99. The lowest BCUT2D eigenvalue weighted by Crippen LogP contribution is -2.27. The van der Waals surface area contributed by atoms with Crippen LogP contribution in [-0.2, 0) is 4.74 Å². The number of carbonyl (C=O) groups excluding carboxylic acids is 1. The predicted molar refractivity (Wildman–Crippen MR) is 119 cm³/mol. The van der Waals surface area contributed by atoms with E-state index in [0.29, 0.717) is 45.6 Å². The summed E-state index contributed by atoms with van der Waals surface area (Å²) in [6.45, 7) is 0.403. The fourth-order valence-corrected chi connectivity index (χ4v) is 4.11. The molecule has 0 spiro atoms. The Morgan fingerprint density at radius 2 is 1.24 bits per heavy atom. The summed E-state index contributed by atoms with van der Waals surface area (Å²) < 4.78 is 37.8. The molecule has 2 aromatic carbocycles. The SMILES string of the molecule is COc1cc(C(=O)[C@@H]2COC[C@H]2C(O)c2cc(OC)c(OC)c(OC)c2)cc(OC)c1OC. The van der Waals surface area contributed by atoms with Crippen molar-refractivity contribution in [2.45, 2.75) is 6.10 Å². The summed E-state index contributed by atoms with van der Waals surface area (Å²) in [6, 6.07) is 6.55. The topological polar surface area (TPSA) is 102 Å². The number of benzene rings is 2. The molecule has 33 heavy (non-hydrogen) atoms. The van der Waals surface area contributed by atoms with Crippen LogP contribution in [0.3, 0.4) is 0 Å². The standard InChI is InChI=1S/C24H30O9/c1-27-17-7-13(8-18(28-2)23(17)31-5)21(25)15-11-33-12-16(15)22(26)14-9-19(29-3)24(32-6)20(10-14)30-4/h7-10,15-16,21,25H,11-12H2,1-6H3/t15-,16-,21?/m1/s1. The van der Waals surface area contributed by atoms with Crippen molar-refractivity contribution in [3.05, 3.63) is 35.4 Å². The predicted octanol–water partition coefficient (Wildman–Crippen LogP) is 2.92. The van der Waals surface area contributed by atoms with Gasteiger partial charge in [-0.05, 0) is 29.8 Å². The molecule has 3 atom stereocenters. The van der Waals surface area contributed by atoms with Crippen LogP contribution in [0.15, 0.2) is 24.3 Å². The number of aliphatic hydroxyl groups excluding tert-OH is 1. The smallest absolute Gasteiger partial charge is 0.203 e. The van der Waals surface area contributed by atoms with Crippen LogP contribution in [0.5, 0.6) is 34.5 Å². The van der Waals surface area contributed by atoms with Crippen LogP contribution in [0.4, 0.5) is 0 Å². The summed E-state index contributed by atoms with van der Waals surface area (Å²) in [5.74, 6) is 1.14. The van der Waals surface area contributed by atoms with Gasteiger partial charge in [0, 0.05) is 11.5 Å². The largest absolute Gasteiger partial charge is 0.493 e. The van der Waals surface area contributed by atoms with E-state index in [4.69, 9.17) is 33.2 Å². The Hall–Kier alpha value is -3.17. The van der Waals surface area contributed by atoms with Crippen LogP contribution in [0.2, 0.25) is 0 Å². The average Bonchev–Trinajstić information content (AvgIpc) is 3.35. The van der Waals surface area contributed by atoms with Crippen molar-refractivity contribution >= 4 is 5.78 Å². The number of methoxy groups -OCH3 is 6. The fourth-order valence-electron chi connectivity index (χ4n) is 4.11. The highest BCUT2D eigenvalue weighted by Crippen LogP contribution is 2.44. The zero-order chi connectivity index (χ0) is 24.1. The highest BCUT2D eigenvalue weighted by Gasteiger charge is 2.40. The molecule has 9 nitrogen and oxygen atoms in total. The van der Waals surface area contributed by atoms with Gasteiger partial charge in [0.15, 0.2) is 28.8 Å². The molecule has 1 saturated heterocycles. The molecule has 9 heteroatoms. The number of rotatable bonds is 10. The third kappa shape index (κ3) is 4.65. The Labute approximate surface area is 193 Å². The van der Waals surface area contributed by atoms with Gasteiger partial charge in [-0.1, -0.05) is 0 Å². The van der Waals surface area contributed by atoms with Crippen molar-refractivity contribution in [3.8, 4) is 34.5 Å². The first-order valence-corrected chi connectivity index (χ1v) is 10.3. The molecule has 180 valence electrons. The summed E-state index contributed by atoms with van der Waals surface area (Å²) in [5, 5.41) is 11.2. The van der Waals surface area contributed by atoms with Gasteiger partial charge in [0.05, 0.1) is 67.9 Å². The normalized spacial score (nSPS) is 18.4. The number of ether oxygens (including phenoxy) is 7. The molecule has 0 saturated carbocycles. The Kier molecular flexibility index (Phi) is 7.88. The van der Waals surface area contributed by atoms with E-state index < -0.39 is 17.9 Å². The molecule has 1 unspecified atom stereocenters. The molecule has 0 aromatic heterocycles. The van der Waals surface area contributed by atoms with Crippen molar-refractivity contribution in [2.75, 3.05) is 55.9 Å². The minimum Gasteiger partial charge on any atom is -0.493 e. The van der Waals surface area contributed by atoms with Crippen LogP contribution in [0, 0.1) is 11.8 Å². The molecule has 1 N–H and O–H groups in total. The summed E-state index contributed by atoms with van der Waals surface area (Å²) in [4.78, 5) is 13.5. The highest BCUT2D eigenvalue weighted by atomic mass is 16.5. The van der Waals surface area contributed by atoms with E-state index in [9.17, 15) is 9.90 Å². The number of ketones is 1. The van der Waals surface area contributed by atoms with Crippen molar-refractivity contribution in [1.29, 1.82) is 0 Å². The molecule has 1 fully saturated rings. The summed E-state index contributed by atoms with van der Waals surface area (Å²) in [7, 11) is 8.98. The van der Waals surface area contributed by atoms with Crippen molar-refractivity contribution < 1.29 is 43.1 Å². The number of Topliss-reactive ketones (excluding diaryl/α,β-unsaturated/α-hetero) is 1. The van der Waals surface area contributed by atoms with E-state index >= 15 is 0 Å². The lowest BCUT2D eigenvalue weighted by Gasteiger charge is -2.24. The number of aliphatic hydroxyl groups is 1. The molecule has 0 aliphatic carbocycles. The number of hydrogen-bond acceptors (Lipinski definition) is 9. The lowest BCUT2D eigenvalue weighted by molar-refractivity contribution is 0.0673. The van der Waals surface area contributed by atoms with Gasteiger partial charge in [-0.25, -0.2) is 0 Å². The van der Waals surface area contributed by atoms with Gasteiger partial charge in [-0.2, -0.15) is 0 Å². The van der Waals surface area contributed by atoms with Crippen LogP contribution in [0.25, 0.3) is 0 Å². The van der Waals surface area contributed by atoms with Crippen LogP contribution in [-0.4, -0.2) is 66.8 Å². The van der Waals surface area contributed by atoms with Gasteiger partial charge in [0.1, 0.15) is 0 Å². The first-order chi connectivity index (χ1) is 15.9. The van der Waals surface area contributed by atoms with Crippen LogP contribution >= 0.6 is 0 Å². The molecule has 1 heterocycles.